The zero-order valence-corrected chi connectivity index (χ0v) is 14.9. The number of hydrogen-bond acceptors (Lipinski definition) is 8. The zero-order valence-electron chi connectivity index (χ0n) is 13.2. The second-order valence-electron chi connectivity index (χ2n) is 4.94. The molecule has 6 nitrogen and oxygen atoms in total. The number of hydrogen-bond donors (Lipinski definition) is 1. The van der Waals surface area contributed by atoms with Crippen molar-refractivity contribution in [1.82, 2.24) is 4.98 Å². The van der Waals surface area contributed by atoms with E-state index in [1.165, 1.54) is 18.3 Å². The number of nitrogens with zero attached hydrogens (tertiary/aromatic N) is 1. The van der Waals surface area contributed by atoms with Gasteiger partial charge >= 0.3 is 11.9 Å². The Bertz CT molecular complexity index is 857. The largest absolute Gasteiger partial charge is 0.428 e. The summed E-state index contributed by atoms with van der Waals surface area (Å²) in [6, 6.07) is 8.81. The number of nitrogens with one attached hydrogen (secondary N) is 1. The second kappa shape index (κ2) is 7.91. The Morgan fingerprint density at radius 3 is 2.60 bits per heavy atom. The van der Waals surface area contributed by atoms with E-state index in [1.54, 1.807) is 35.6 Å². The maximum Gasteiger partial charge on any atom is 0.341 e. The maximum atomic E-state index is 11.8. The van der Waals surface area contributed by atoms with Gasteiger partial charge in [-0.25, -0.2) is 9.78 Å². The SMILES string of the molecule is CC(=O)OCOC(=O)c1ccc(Nc2nc(-c3ccsc3)cs2)cc1. The summed E-state index contributed by atoms with van der Waals surface area (Å²) >= 11 is 3.14. The molecule has 0 spiro atoms. The quantitative estimate of drug-likeness (QED) is 0.512. The van der Waals surface area contributed by atoms with Gasteiger partial charge in [-0.05, 0) is 35.7 Å². The van der Waals surface area contributed by atoms with E-state index in [-0.39, 0.29) is 0 Å². The van der Waals surface area contributed by atoms with Crippen LogP contribution in [-0.4, -0.2) is 23.7 Å². The summed E-state index contributed by atoms with van der Waals surface area (Å²) in [4.78, 5) is 27.0. The predicted octanol–water partition coefficient (Wildman–Crippen LogP) is 4.29. The van der Waals surface area contributed by atoms with Crippen molar-refractivity contribution in [3.63, 3.8) is 0 Å². The highest BCUT2D eigenvalue weighted by Gasteiger charge is 2.09. The van der Waals surface area contributed by atoms with Crippen molar-refractivity contribution in [3.8, 4) is 11.3 Å². The molecule has 0 bridgehead atoms. The van der Waals surface area contributed by atoms with Crippen LogP contribution in [0, 0.1) is 0 Å². The van der Waals surface area contributed by atoms with E-state index >= 15 is 0 Å². The van der Waals surface area contributed by atoms with Gasteiger partial charge in [0.25, 0.3) is 0 Å². The molecule has 0 atom stereocenters. The number of aromatic nitrogens is 1. The van der Waals surface area contributed by atoms with E-state index in [0.717, 1.165) is 22.1 Å². The second-order valence-corrected chi connectivity index (χ2v) is 6.58. The number of esters is 2. The van der Waals surface area contributed by atoms with Gasteiger partial charge in [-0.2, -0.15) is 11.3 Å². The minimum absolute atomic E-state index is 0.371. The normalized spacial score (nSPS) is 10.3. The van der Waals surface area contributed by atoms with Gasteiger partial charge in [0.15, 0.2) is 5.13 Å². The number of rotatable bonds is 6. The van der Waals surface area contributed by atoms with Crippen LogP contribution >= 0.6 is 22.7 Å². The lowest BCUT2D eigenvalue weighted by Gasteiger charge is -2.06. The van der Waals surface area contributed by atoms with E-state index in [0.29, 0.717) is 5.56 Å². The molecule has 8 heteroatoms. The molecule has 0 aliphatic carbocycles. The average Bonchev–Trinajstić information content (AvgIpc) is 3.26. The minimum Gasteiger partial charge on any atom is -0.428 e. The van der Waals surface area contributed by atoms with Crippen molar-refractivity contribution in [3.05, 3.63) is 52.0 Å². The van der Waals surface area contributed by atoms with Gasteiger partial charge in [0.05, 0.1) is 11.3 Å². The molecule has 0 saturated carbocycles. The van der Waals surface area contributed by atoms with Crippen LogP contribution in [0.3, 0.4) is 0 Å². The molecule has 2 aromatic heterocycles. The van der Waals surface area contributed by atoms with E-state index in [4.69, 9.17) is 4.74 Å². The average molecular weight is 374 g/mol. The van der Waals surface area contributed by atoms with E-state index in [2.05, 4.69) is 20.4 Å². The van der Waals surface area contributed by atoms with E-state index < -0.39 is 18.7 Å². The number of thiazole rings is 1. The summed E-state index contributed by atoms with van der Waals surface area (Å²) in [6.45, 7) is 0.856. The molecule has 128 valence electrons. The van der Waals surface area contributed by atoms with Crippen molar-refractivity contribution >= 4 is 45.4 Å². The fraction of sp³-hybridized carbons (Fsp3) is 0.118. The summed E-state index contributed by atoms with van der Waals surface area (Å²) in [5, 5.41) is 10.0. The maximum absolute atomic E-state index is 11.8. The third-order valence-electron chi connectivity index (χ3n) is 3.15. The summed E-state index contributed by atoms with van der Waals surface area (Å²) in [5.74, 6) is -1.06. The zero-order chi connectivity index (χ0) is 17.6. The van der Waals surface area contributed by atoms with E-state index in [9.17, 15) is 9.59 Å². The van der Waals surface area contributed by atoms with Gasteiger partial charge in [-0.3, -0.25) is 4.79 Å². The van der Waals surface area contributed by atoms with Crippen LogP contribution in [-0.2, 0) is 14.3 Å². The Hall–Kier alpha value is -2.71. The highest BCUT2D eigenvalue weighted by Crippen LogP contribution is 2.28. The first-order valence-electron chi connectivity index (χ1n) is 7.27. The molecule has 3 aromatic rings. The number of ether oxygens (including phenoxy) is 2. The van der Waals surface area contributed by atoms with Crippen molar-refractivity contribution in [1.29, 1.82) is 0 Å². The first-order chi connectivity index (χ1) is 12.1. The molecule has 0 aliphatic heterocycles. The number of thiophene rings is 1. The van der Waals surface area contributed by atoms with Crippen LogP contribution in [0.2, 0.25) is 0 Å². The Morgan fingerprint density at radius 1 is 1.12 bits per heavy atom. The van der Waals surface area contributed by atoms with Crippen molar-refractivity contribution < 1.29 is 19.1 Å². The Labute approximate surface area is 152 Å². The van der Waals surface area contributed by atoms with Crippen LogP contribution in [0.15, 0.2) is 46.5 Å². The lowest BCUT2D eigenvalue weighted by molar-refractivity contribution is -0.149. The highest BCUT2D eigenvalue weighted by molar-refractivity contribution is 7.14. The van der Waals surface area contributed by atoms with E-state index in [1.807, 2.05) is 16.8 Å². The molecular formula is C17H14N2O4S2. The third-order valence-corrected chi connectivity index (χ3v) is 4.59. The van der Waals surface area contributed by atoms with Crippen molar-refractivity contribution in [2.75, 3.05) is 12.1 Å². The Balaban J connectivity index is 1.59. The minimum atomic E-state index is -0.554. The molecule has 1 N–H and O–H groups in total. The van der Waals surface area contributed by atoms with Crippen LogP contribution in [0.5, 0.6) is 0 Å². The van der Waals surface area contributed by atoms with Crippen molar-refractivity contribution in [2.24, 2.45) is 0 Å². The van der Waals surface area contributed by atoms with Crippen molar-refractivity contribution in [2.45, 2.75) is 6.92 Å². The number of benzene rings is 1. The van der Waals surface area contributed by atoms with Gasteiger partial charge in [-0.15, -0.1) is 11.3 Å². The molecule has 2 heterocycles. The molecule has 1 aromatic carbocycles. The summed E-state index contributed by atoms with van der Waals surface area (Å²) < 4.78 is 9.40. The first-order valence-corrected chi connectivity index (χ1v) is 9.10. The fourth-order valence-corrected chi connectivity index (χ4v) is 3.33. The van der Waals surface area contributed by atoms with Crippen LogP contribution in [0.25, 0.3) is 11.3 Å². The molecule has 0 radical (unpaired) electrons. The monoisotopic (exact) mass is 374 g/mol. The molecule has 3 rings (SSSR count). The lowest BCUT2D eigenvalue weighted by atomic mass is 10.2. The van der Waals surface area contributed by atoms with Gasteiger partial charge < -0.3 is 14.8 Å². The summed E-state index contributed by atoms with van der Waals surface area (Å²) in [7, 11) is 0. The fourth-order valence-electron chi connectivity index (χ4n) is 1.94. The number of carbonyl (C=O) groups excluding carboxylic acids is 2. The third kappa shape index (κ3) is 4.65. The Morgan fingerprint density at radius 2 is 1.92 bits per heavy atom. The van der Waals surface area contributed by atoms with Gasteiger partial charge in [0, 0.05) is 28.9 Å². The molecule has 0 aliphatic rings. The lowest BCUT2D eigenvalue weighted by Crippen LogP contribution is -2.10. The molecule has 25 heavy (non-hydrogen) atoms. The van der Waals surface area contributed by atoms with Crippen LogP contribution in [0.1, 0.15) is 17.3 Å². The van der Waals surface area contributed by atoms with Gasteiger partial charge in [0.1, 0.15) is 0 Å². The standard InChI is InChI=1S/C17H14N2O4S2/c1-11(20)22-10-23-16(21)12-2-4-14(5-3-12)18-17-19-15(9-25-17)13-6-7-24-8-13/h2-9H,10H2,1H3,(H,18,19). The molecule has 0 amide bonds. The summed E-state index contributed by atoms with van der Waals surface area (Å²) in [5.41, 5.74) is 3.21. The van der Waals surface area contributed by atoms with Gasteiger partial charge in [0.2, 0.25) is 6.79 Å². The Kier molecular flexibility index (Phi) is 5.42. The predicted molar refractivity (Wildman–Crippen MR) is 97.2 cm³/mol. The molecule has 0 unspecified atom stereocenters. The summed E-state index contributed by atoms with van der Waals surface area (Å²) in [6.07, 6.45) is 0. The number of carbonyl (C=O) groups is 2. The smallest absolute Gasteiger partial charge is 0.341 e. The molecular weight excluding hydrogens is 360 g/mol. The first kappa shape index (κ1) is 17.1. The highest BCUT2D eigenvalue weighted by atomic mass is 32.1. The van der Waals surface area contributed by atoms with Crippen LogP contribution < -0.4 is 5.32 Å². The van der Waals surface area contributed by atoms with Gasteiger partial charge in [-0.1, -0.05) is 0 Å². The molecule has 0 saturated heterocycles. The molecule has 0 fully saturated rings. The number of anilines is 2. The topological polar surface area (TPSA) is 77.5 Å². The van der Waals surface area contributed by atoms with Crippen LogP contribution in [0.4, 0.5) is 10.8 Å².